The second kappa shape index (κ2) is 4.85. The molecular weight excluding hydrogens is 234 g/mol. The minimum absolute atomic E-state index is 0.0539. The van der Waals surface area contributed by atoms with Crippen LogP contribution < -0.4 is 11.3 Å². The van der Waals surface area contributed by atoms with E-state index >= 15 is 0 Å². The molecule has 0 aliphatic carbocycles. The van der Waals surface area contributed by atoms with E-state index in [1.54, 1.807) is 19.1 Å². The number of aryl methyl sites for hydroxylation is 1. The van der Waals surface area contributed by atoms with Crippen LogP contribution in [-0.4, -0.2) is 32.8 Å². The average Bonchev–Trinajstić information content (AvgIpc) is 2.36. The second-order valence-corrected chi connectivity index (χ2v) is 4.18. The zero-order valence-corrected chi connectivity index (χ0v) is 9.92. The van der Waals surface area contributed by atoms with Gasteiger partial charge in [0, 0.05) is 6.54 Å². The fourth-order valence-electron chi connectivity index (χ4n) is 1.81. The maximum atomic E-state index is 11.7. The molecule has 0 radical (unpaired) electrons. The number of rotatable bonds is 3. The lowest BCUT2D eigenvalue weighted by atomic mass is 10.0. The van der Waals surface area contributed by atoms with E-state index in [9.17, 15) is 15.0 Å². The predicted octanol–water partition coefficient (Wildman–Crippen LogP) is -0.415. The number of fused-ring (bicyclic) bond motifs is 1. The van der Waals surface area contributed by atoms with E-state index < -0.39 is 12.2 Å². The van der Waals surface area contributed by atoms with Gasteiger partial charge in [-0.15, -0.1) is 0 Å². The van der Waals surface area contributed by atoms with Crippen LogP contribution in [0.25, 0.3) is 10.9 Å². The van der Waals surface area contributed by atoms with E-state index in [0.29, 0.717) is 22.3 Å². The number of aromatic amines is 1. The summed E-state index contributed by atoms with van der Waals surface area (Å²) >= 11 is 0. The third kappa shape index (κ3) is 2.26. The average molecular weight is 249 g/mol. The lowest BCUT2D eigenvalue weighted by Gasteiger charge is -2.16. The van der Waals surface area contributed by atoms with Gasteiger partial charge in [0.05, 0.1) is 17.0 Å². The van der Waals surface area contributed by atoms with Crippen molar-refractivity contribution in [1.29, 1.82) is 0 Å². The maximum absolute atomic E-state index is 11.7. The molecule has 1 aromatic heterocycles. The number of hydrogen-bond donors (Lipinski definition) is 4. The molecule has 2 unspecified atom stereocenters. The number of benzene rings is 1. The van der Waals surface area contributed by atoms with Crippen LogP contribution in [0.3, 0.4) is 0 Å². The summed E-state index contributed by atoms with van der Waals surface area (Å²) in [6.45, 7) is 1.64. The number of hydrogen-bond acceptors (Lipinski definition) is 5. The summed E-state index contributed by atoms with van der Waals surface area (Å²) < 4.78 is 0. The fraction of sp³-hybridized carbons (Fsp3) is 0.333. The highest BCUT2D eigenvalue weighted by Crippen LogP contribution is 2.19. The molecule has 0 spiro atoms. The van der Waals surface area contributed by atoms with Gasteiger partial charge >= 0.3 is 0 Å². The molecular formula is C12H15N3O3. The Morgan fingerprint density at radius 2 is 2.17 bits per heavy atom. The van der Waals surface area contributed by atoms with Gasteiger partial charge in [-0.1, -0.05) is 6.07 Å². The summed E-state index contributed by atoms with van der Waals surface area (Å²) in [6.07, 6.45) is -2.17. The number of aliphatic hydroxyl groups excluding tert-OH is 2. The van der Waals surface area contributed by atoms with E-state index in [-0.39, 0.29) is 12.1 Å². The molecule has 0 saturated heterocycles. The standard InChI is InChI=1S/C12H15N3O3/c1-6-14-9-3-2-7(11(17)10(16)5-13)4-8(9)12(18)15-6/h2-4,10-11,16-17H,5,13H2,1H3,(H,14,15,18). The van der Waals surface area contributed by atoms with Crippen molar-refractivity contribution in [3.63, 3.8) is 0 Å². The smallest absolute Gasteiger partial charge is 0.258 e. The Kier molecular flexibility index (Phi) is 3.42. The van der Waals surface area contributed by atoms with E-state index in [2.05, 4.69) is 9.97 Å². The predicted molar refractivity (Wildman–Crippen MR) is 67.1 cm³/mol. The Morgan fingerprint density at radius 3 is 2.83 bits per heavy atom. The molecule has 1 heterocycles. The van der Waals surface area contributed by atoms with Crippen LogP contribution in [0.15, 0.2) is 23.0 Å². The molecule has 6 nitrogen and oxygen atoms in total. The van der Waals surface area contributed by atoms with Crippen molar-refractivity contribution < 1.29 is 10.2 Å². The van der Waals surface area contributed by atoms with Gasteiger partial charge in [-0.25, -0.2) is 4.98 Å². The van der Waals surface area contributed by atoms with Crippen LogP contribution >= 0.6 is 0 Å². The normalized spacial score (nSPS) is 14.7. The van der Waals surface area contributed by atoms with Crippen molar-refractivity contribution in [2.24, 2.45) is 5.73 Å². The van der Waals surface area contributed by atoms with Crippen LogP contribution in [0.1, 0.15) is 17.5 Å². The first-order valence-corrected chi connectivity index (χ1v) is 5.59. The molecule has 0 aliphatic rings. The van der Waals surface area contributed by atoms with Crippen molar-refractivity contribution in [3.8, 4) is 0 Å². The summed E-state index contributed by atoms with van der Waals surface area (Å²) in [5.74, 6) is 0.530. The van der Waals surface area contributed by atoms with Crippen molar-refractivity contribution in [2.45, 2.75) is 19.1 Å². The van der Waals surface area contributed by atoms with Gasteiger partial charge in [-0.3, -0.25) is 4.79 Å². The van der Waals surface area contributed by atoms with Crippen LogP contribution in [0, 0.1) is 6.92 Å². The topological polar surface area (TPSA) is 112 Å². The molecule has 2 aromatic rings. The molecule has 0 saturated carbocycles. The van der Waals surface area contributed by atoms with Gasteiger partial charge in [0.1, 0.15) is 11.9 Å². The zero-order valence-electron chi connectivity index (χ0n) is 9.92. The number of aromatic nitrogens is 2. The van der Waals surface area contributed by atoms with Crippen molar-refractivity contribution in [1.82, 2.24) is 9.97 Å². The first-order valence-electron chi connectivity index (χ1n) is 5.59. The van der Waals surface area contributed by atoms with Crippen molar-refractivity contribution in [2.75, 3.05) is 6.54 Å². The lowest BCUT2D eigenvalue weighted by molar-refractivity contribution is 0.0244. The summed E-state index contributed by atoms with van der Waals surface area (Å²) in [5.41, 5.74) is 6.00. The molecule has 2 rings (SSSR count). The number of nitrogens with one attached hydrogen (secondary N) is 1. The van der Waals surface area contributed by atoms with Crippen LogP contribution in [-0.2, 0) is 0 Å². The van der Waals surface area contributed by atoms with E-state index in [4.69, 9.17) is 5.73 Å². The van der Waals surface area contributed by atoms with E-state index in [1.807, 2.05) is 0 Å². The molecule has 0 amide bonds. The number of nitrogens with two attached hydrogens (primary N) is 1. The molecule has 6 heteroatoms. The van der Waals surface area contributed by atoms with Gasteiger partial charge in [0.15, 0.2) is 0 Å². The van der Waals surface area contributed by atoms with Crippen LogP contribution in [0.2, 0.25) is 0 Å². The third-order valence-corrected chi connectivity index (χ3v) is 2.80. The molecule has 5 N–H and O–H groups in total. The quantitative estimate of drug-likeness (QED) is 0.590. The largest absolute Gasteiger partial charge is 0.389 e. The summed E-state index contributed by atoms with van der Waals surface area (Å²) in [6, 6.07) is 4.78. The van der Waals surface area contributed by atoms with Gasteiger partial charge in [0.25, 0.3) is 5.56 Å². The summed E-state index contributed by atoms with van der Waals surface area (Å²) in [5, 5.41) is 19.7. The summed E-state index contributed by atoms with van der Waals surface area (Å²) in [7, 11) is 0. The van der Waals surface area contributed by atoms with E-state index in [1.165, 1.54) is 6.07 Å². The van der Waals surface area contributed by atoms with Crippen molar-refractivity contribution in [3.05, 3.63) is 39.9 Å². The second-order valence-electron chi connectivity index (χ2n) is 4.18. The molecule has 18 heavy (non-hydrogen) atoms. The van der Waals surface area contributed by atoms with Gasteiger partial charge in [-0.05, 0) is 24.6 Å². The first-order chi connectivity index (χ1) is 8.52. The fourth-order valence-corrected chi connectivity index (χ4v) is 1.81. The van der Waals surface area contributed by atoms with Crippen molar-refractivity contribution >= 4 is 10.9 Å². The monoisotopic (exact) mass is 249 g/mol. The third-order valence-electron chi connectivity index (χ3n) is 2.80. The Balaban J connectivity index is 2.54. The Hall–Kier alpha value is -1.76. The summed E-state index contributed by atoms with van der Waals surface area (Å²) in [4.78, 5) is 18.5. The number of nitrogens with zero attached hydrogens (tertiary/aromatic N) is 1. The van der Waals surface area contributed by atoms with Crippen LogP contribution in [0.4, 0.5) is 0 Å². The van der Waals surface area contributed by atoms with Gasteiger partial charge < -0.3 is 20.9 Å². The Labute approximate surface area is 103 Å². The minimum atomic E-state index is -1.11. The minimum Gasteiger partial charge on any atom is -0.389 e. The highest BCUT2D eigenvalue weighted by molar-refractivity contribution is 5.78. The van der Waals surface area contributed by atoms with Crippen LogP contribution in [0.5, 0.6) is 0 Å². The molecule has 96 valence electrons. The molecule has 0 bridgehead atoms. The van der Waals surface area contributed by atoms with Gasteiger partial charge in [0.2, 0.25) is 0 Å². The highest BCUT2D eigenvalue weighted by atomic mass is 16.3. The molecule has 0 fully saturated rings. The maximum Gasteiger partial charge on any atom is 0.258 e. The number of aliphatic hydroxyl groups is 2. The lowest BCUT2D eigenvalue weighted by Crippen LogP contribution is -2.27. The molecule has 1 aromatic carbocycles. The molecule has 2 atom stereocenters. The van der Waals surface area contributed by atoms with E-state index in [0.717, 1.165) is 0 Å². The molecule has 0 aliphatic heterocycles. The Morgan fingerprint density at radius 1 is 1.44 bits per heavy atom. The zero-order chi connectivity index (χ0) is 13.3. The highest BCUT2D eigenvalue weighted by Gasteiger charge is 2.17. The van der Waals surface area contributed by atoms with Gasteiger partial charge in [-0.2, -0.15) is 0 Å². The Bertz CT molecular complexity index is 623. The number of H-pyrrole nitrogens is 1. The SMILES string of the molecule is Cc1nc2ccc(C(O)C(O)CN)cc2c(=O)[nH]1. The first kappa shape index (κ1) is 12.7.